The van der Waals surface area contributed by atoms with Crippen molar-refractivity contribution in [3.63, 3.8) is 0 Å². The molecule has 0 amide bonds. The predicted molar refractivity (Wildman–Crippen MR) is 65.2 cm³/mol. The van der Waals surface area contributed by atoms with Gasteiger partial charge < -0.3 is 4.74 Å². The van der Waals surface area contributed by atoms with Crippen molar-refractivity contribution in [2.45, 2.75) is 16.9 Å². The molecule has 0 aromatic heterocycles. The number of sulfonamides is 1. The molecule has 2 rings (SSSR count). The standard InChI is InChI=1S/C12H14N2O3S/c1-14(12(9-13)7-8-17-10-12)18(15,16)11-5-3-2-4-6-11/h2-6H,7-8,10H2,1H3/t12-/m1/s1. The molecular formula is C12H14N2O3S. The summed E-state index contributed by atoms with van der Waals surface area (Å²) in [6.45, 7) is 0.522. The molecule has 0 aliphatic carbocycles. The zero-order valence-corrected chi connectivity index (χ0v) is 10.9. The van der Waals surface area contributed by atoms with Gasteiger partial charge in [0, 0.05) is 20.1 Å². The van der Waals surface area contributed by atoms with E-state index >= 15 is 0 Å². The minimum absolute atomic E-state index is 0.117. The summed E-state index contributed by atoms with van der Waals surface area (Å²) in [4.78, 5) is 0.189. The Morgan fingerprint density at radius 3 is 2.56 bits per heavy atom. The fourth-order valence-corrected chi connectivity index (χ4v) is 3.40. The van der Waals surface area contributed by atoms with Gasteiger partial charge in [0.2, 0.25) is 10.0 Å². The molecule has 0 bridgehead atoms. The second-order valence-electron chi connectivity index (χ2n) is 4.23. The van der Waals surface area contributed by atoms with E-state index in [0.717, 1.165) is 4.31 Å². The molecule has 1 aliphatic rings. The van der Waals surface area contributed by atoms with Gasteiger partial charge in [0.25, 0.3) is 0 Å². The highest BCUT2D eigenvalue weighted by Gasteiger charge is 2.45. The molecule has 96 valence electrons. The van der Waals surface area contributed by atoms with Crippen LogP contribution in [0.5, 0.6) is 0 Å². The van der Waals surface area contributed by atoms with Crippen LogP contribution in [-0.2, 0) is 14.8 Å². The van der Waals surface area contributed by atoms with Gasteiger partial charge in [-0.1, -0.05) is 18.2 Å². The smallest absolute Gasteiger partial charge is 0.244 e. The van der Waals surface area contributed by atoms with E-state index in [2.05, 4.69) is 6.07 Å². The van der Waals surface area contributed by atoms with Crippen molar-refractivity contribution < 1.29 is 13.2 Å². The Morgan fingerprint density at radius 2 is 2.06 bits per heavy atom. The average molecular weight is 266 g/mol. The molecule has 18 heavy (non-hydrogen) atoms. The van der Waals surface area contributed by atoms with E-state index in [-0.39, 0.29) is 11.5 Å². The lowest BCUT2D eigenvalue weighted by atomic mass is 10.0. The Morgan fingerprint density at radius 1 is 1.39 bits per heavy atom. The fraction of sp³-hybridized carbons (Fsp3) is 0.417. The molecule has 0 N–H and O–H groups in total. The third kappa shape index (κ3) is 2.01. The maximum absolute atomic E-state index is 12.4. The fourth-order valence-electron chi connectivity index (χ4n) is 1.94. The van der Waals surface area contributed by atoms with E-state index in [4.69, 9.17) is 4.74 Å². The Kier molecular flexibility index (Phi) is 3.39. The predicted octanol–water partition coefficient (Wildman–Crippen LogP) is 0.990. The largest absolute Gasteiger partial charge is 0.378 e. The third-order valence-electron chi connectivity index (χ3n) is 3.21. The molecule has 1 heterocycles. The summed E-state index contributed by atoms with van der Waals surface area (Å²) in [5, 5.41) is 9.26. The Bertz CT molecular complexity index is 557. The zero-order valence-electron chi connectivity index (χ0n) is 10.0. The first-order valence-corrected chi connectivity index (χ1v) is 7.00. The first-order valence-electron chi connectivity index (χ1n) is 5.56. The molecule has 1 saturated heterocycles. The van der Waals surface area contributed by atoms with Crippen LogP contribution >= 0.6 is 0 Å². The number of nitriles is 1. The van der Waals surface area contributed by atoms with Gasteiger partial charge >= 0.3 is 0 Å². The molecule has 5 nitrogen and oxygen atoms in total. The van der Waals surface area contributed by atoms with Crippen molar-refractivity contribution in [1.29, 1.82) is 5.26 Å². The number of rotatable bonds is 3. The summed E-state index contributed by atoms with van der Waals surface area (Å²) in [7, 11) is -2.23. The topological polar surface area (TPSA) is 70.4 Å². The van der Waals surface area contributed by atoms with Gasteiger partial charge in [-0.3, -0.25) is 0 Å². The first kappa shape index (κ1) is 13.0. The molecule has 0 saturated carbocycles. The van der Waals surface area contributed by atoms with Gasteiger partial charge in [0.1, 0.15) is 5.54 Å². The number of benzene rings is 1. The summed E-state index contributed by atoms with van der Waals surface area (Å²) >= 11 is 0. The van der Waals surface area contributed by atoms with Crippen molar-refractivity contribution in [3.05, 3.63) is 30.3 Å². The van der Waals surface area contributed by atoms with E-state index in [0.29, 0.717) is 13.0 Å². The van der Waals surface area contributed by atoms with Gasteiger partial charge in [0.05, 0.1) is 17.6 Å². The second kappa shape index (κ2) is 4.69. The van der Waals surface area contributed by atoms with Crippen LogP contribution < -0.4 is 0 Å². The van der Waals surface area contributed by atoms with E-state index in [1.807, 2.05) is 0 Å². The van der Waals surface area contributed by atoms with Gasteiger partial charge in [-0.15, -0.1) is 0 Å². The molecule has 0 spiro atoms. The van der Waals surface area contributed by atoms with Gasteiger partial charge in [0.15, 0.2) is 0 Å². The minimum atomic E-state index is -3.66. The summed E-state index contributed by atoms with van der Waals surface area (Å²) < 4.78 is 31.1. The normalized spacial score (nSPS) is 24.1. The molecule has 6 heteroatoms. The van der Waals surface area contributed by atoms with Gasteiger partial charge in [-0.05, 0) is 12.1 Å². The molecule has 1 aromatic carbocycles. The SMILES string of the molecule is CN([C@@]1(C#N)CCOC1)S(=O)(=O)c1ccccc1. The molecule has 0 radical (unpaired) electrons. The maximum Gasteiger partial charge on any atom is 0.244 e. The summed E-state index contributed by atoms with van der Waals surface area (Å²) in [5.74, 6) is 0. The van der Waals surface area contributed by atoms with E-state index in [1.165, 1.54) is 19.2 Å². The molecule has 1 fully saturated rings. The summed E-state index contributed by atoms with van der Waals surface area (Å²) in [6.07, 6.45) is 0.395. The van der Waals surface area contributed by atoms with Crippen molar-refractivity contribution in [3.8, 4) is 6.07 Å². The number of ether oxygens (including phenoxy) is 1. The van der Waals surface area contributed by atoms with Crippen LogP contribution in [0.15, 0.2) is 35.2 Å². The molecule has 0 unspecified atom stereocenters. The highest BCUT2D eigenvalue weighted by molar-refractivity contribution is 7.89. The summed E-state index contributed by atoms with van der Waals surface area (Å²) in [6, 6.07) is 10.2. The number of hydrogen-bond acceptors (Lipinski definition) is 4. The van der Waals surface area contributed by atoms with E-state index in [9.17, 15) is 13.7 Å². The van der Waals surface area contributed by atoms with E-state index < -0.39 is 15.6 Å². The maximum atomic E-state index is 12.4. The summed E-state index contributed by atoms with van der Waals surface area (Å²) in [5.41, 5.74) is -1.09. The lowest BCUT2D eigenvalue weighted by Gasteiger charge is -2.30. The van der Waals surface area contributed by atoms with Crippen LogP contribution in [0.25, 0.3) is 0 Å². The van der Waals surface area contributed by atoms with Crippen LogP contribution in [0.2, 0.25) is 0 Å². The Balaban J connectivity index is 2.40. The Labute approximate surface area is 107 Å². The quantitative estimate of drug-likeness (QED) is 0.818. The molecular weight excluding hydrogens is 252 g/mol. The van der Waals surface area contributed by atoms with Crippen LogP contribution in [0, 0.1) is 11.3 Å². The zero-order chi connectivity index (χ0) is 13.2. The number of likely N-dealkylation sites (N-methyl/N-ethyl adjacent to an activating group) is 1. The average Bonchev–Trinajstić information content (AvgIpc) is 2.88. The van der Waals surface area contributed by atoms with Crippen molar-refractivity contribution in [1.82, 2.24) is 4.31 Å². The second-order valence-corrected chi connectivity index (χ2v) is 6.20. The Hall–Kier alpha value is -1.42. The molecule has 1 atom stereocenters. The van der Waals surface area contributed by atoms with Crippen molar-refractivity contribution in [2.24, 2.45) is 0 Å². The van der Waals surface area contributed by atoms with Crippen molar-refractivity contribution >= 4 is 10.0 Å². The number of hydrogen-bond donors (Lipinski definition) is 0. The van der Waals surface area contributed by atoms with Crippen LogP contribution in [0.4, 0.5) is 0 Å². The molecule has 1 aliphatic heterocycles. The van der Waals surface area contributed by atoms with Crippen LogP contribution in [0.1, 0.15) is 6.42 Å². The number of nitrogens with zero attached hydrogens (tertiary/aromatic N) is 2. The van der Waals surface area contributed by atoms with Gasteiger partial charge in [-0.2, -0.15) is 9.57 Å². The van der Waals surface area contributed by atoms with Crippen LogP contribution in [0.3, 0.4) is 0 Å². The highest BCUT2D eigenvalue weighted by Crippen LogP contribution is 2.29. The first-order chi connectivity index (χ1) is 8.53. The van der Waals surface area contributed by atoms with E-state index in [1.54, 1.807) is 18.2 Å². The van der Waals surface area contributed by atoms with Crippen molar-refractivity contribution in [2.75, 3.05) is 20.3 Å². The molecule has 1 aromatic rings. The lowest BCUT2D eigenvalue weighted by molar-refractivity contribution is 0.162. The van der Waals surface area contributed by atoms with Gasteiger partial charge in [-0.25, -0.2) is 8.42 Å². The van der Waals surface area contributed by atoms with Crippen LogP contribution in [-0.4, -0.2) is 38.5 Å². The minimum Gasteiger partial charge on any atom is -0.378 e. The lowest BCUT2D eigenvalue weighted by Crippen LogP contribution is -2.49. The highest BCUT2D eigenvalue weighted by atomic mass is 32.2. The third-order valence-corrected chi connectivity index (χ3v) is 5.15. The monoisotopic (exact) mass is 266 g/mol.